The first-order chi connectivity index (χ1) is 9.77. The van der Waals surface area contributed by atoms with Crippen molar-refractivity contribution < 1.29 is 18.1 Å². The van der Waals surface area contributed by atoms with Crippen LogP contribution in [0.1, 0.15) is 19.8 Å². The lowest BCUT2D eigenvalue weighted by Crippen LogP contribution is -2.39. The summed E-state index contributed by atoms with van der Waals surface area (Å²) < 4.78 is 32.1. The molecule has 1 saturated heterocycles. The zero-order valence-corrected chi connectivity index (χ0v) is 12.9. The van der Waals surface area contributed by atoms with Crippen LogP contribution in [0.4, 0.5) is 10.7 Å². The summed E-state index contributed by atoms with van der Waals surface area (Å²) in [6.07, 6.45) is 1.64. The van der Waals surface area contributed by atoms with Gasteiger partial charge in [-0.1, -0.05) is 11.3 Å². The molecule has 2 rings (SSSR count). The minimum Gasteiger partial charge on any atom is -0.374 e. The number of hydrogen-bond donors (Lipinski definition) is 3. The lowest BCUT2D eigenvalue weighted by molar-refractivity contribution is -0.383. The fourth-order valence-corrected chi connectivity index (χ4v) is 4.46. The van der Waals surface area contributed by atoms with Gasteiger partial charge in [0.25, 0.3) is 0 Å². The van der Waals surface area contributed by atoms with Crippen LogP contribution in [-0.2, 0) is 14.8 Å². The smallest absolute Gasteiger partial charge is 0.306 e. The standard InChI is InChI=1S/C10H16N4O5S2/c1-10(3-2-4-19-10)6-12-21(17,18)8-5-7(14(15)16)9(13-11)20-8/h5,12-13H,2-4,6,11H2,1H3. The molecule has 9 nitrogen and oxygen atoms in total. The predicted octanol–water partition coefficient (Wildman–Crippen LogP) is 0.789. The minimum atomic E-state index is -3.84. The number of thiophene rings is 1. The van der Waals surface area contributed by atoms with Crippen molar-refractivity contribution in [2.75, 3.05) is 18.6 Å². The largest absolute Gasteiger partial charge is 0.374 e. The summed E-state index contributed by atoms with van der Waals surface area (Å²) in [5, 5.41) is 10.8. The number of nitrogens with zero attached hydrogens (tertiary/aromatic N) is 1. The Labute approximate surface area is 125 Å². The molecule has 1 fully saturated rings. The molecule has 1 aliphatic heterocycles. The van der Waals surface area contributed by atoms with Crippen molar-refractivity contribution in [3.63, 3.8) is 0 Å². The zero-order chi connectivity index (χ0) is 15.7. The number of nitrogen functional groups attached to an aromatic ring is 1. The van der Waals surface area contributed by atoms with E-state index in [2.05, 4.69) is 10.1 Å². The number of ether oxygens (including phenoxy) is 1. The van der Waals surface area contributed by atoms with Crippen molar-refractivity contribution in [2.24, 2.45) is 5.84 Å². The van der Waals surface area contributed by atoms with Gasteiger partial charge < -0.3 is 10.2 Å². The lowest BCUT2D eigenvalue weighted by Gasteiger charge is -2.22. The SMILES string of the molecule is CC1(CNS(=O)(=O)c2cc([N+](=O)[O-])c(NN)s2)CCCO1. The number of sulfonamides is 1. The number of nitro groups is 1. The van der Waals surface area contributed by atoms with Gasteiger partial charge >= 0.3 is 5.69 Å². The Hall–Kier alpha value is -1.27. The van der Waals surface area contributed by atoms with E-state index in [1.54, 1.807) is 0 Å². The Morgan fingerprint density at radius 3 is 2.81 bits per heavy atom. The minimum absolute atomic E-state index is 0.0105. The molecule has 1 aliphatic rings. The van der Waals surface area contributed by atoms with Gasteiger partial charge in [0.15, 0.2) is 5.00 Å². The number of nitrogens with two attached hydrogens (primary N) is 1. The van der Waals surface area contributed by atoms with Crippen molar-refractivity contribution >= 4 is 32.0 Å². The number of hydrogen-bond acceptors (Lipinski definition) is 8. The second-order valence-corrected chi connectivity index (χ2v) is 7.95. The second kappa shape index (κ2) is 5.85. The second-order valence-electron chi connectivity index (χ2n) is 4.91. The molecule has 118 valence electrons. The molecule has 0 saturated carbocycles. The molecule has 0 spiro atoms. The maximum Gasteiger partial charge on any atom is 0.306 e. The molecule has 0 bridgehead atoms. The zero-order valence-electron chi connectivity index (χ0n) is 11.3. The fourth-order valence-electron chi connectivity index (χ4n) is 2.03. The van der Waals surface area contributed by atoms with Gasteiger partial charge in [-0.05, 0) is 19.8 Å². The monoisotopic (exact) mass is 336 g/mol. The summed E-state index contributed by atoms with van der Waals surface area (Å²) in [5.74, 6) is 5.16. The molecular weight excluding hydrogens is 320 g/mol. The van der Waals surface area contributed by atoms with Crippen LogP contribution in [0.5, 0.6) is 0 Å². The van der Waals surface area contributed by atoms with Crippen LogP contribution < -0.4 is 16.0 Å². The molecule has 0 amide bonds. The normalized spacial score (nSPS) is 22.4. The first kappa shape index (κ1) is 16.1. The van der Waals surface area contributed by atoms with Gasteiger partial charge in [0.1, 0.15) is 4.21 Å². The molecule has 1 aromatic heterocycles. The van der Waals surface area contributed by atoms with Crippen molar-refractivity contribution in [2.45, 2.75) is 29.6 Å². The summed E-state index contributed by atoms with van der Waals surface area (Å²) in [4.78, 5) is 10.1. The van der Waals surface area contributed by atoms with E-state index < -0.39 is 20.5 Å². The van der Waals surface area contributed by atoms with Crippen molar-refractivity contribution in [3.8, 4) is 0 Å². The first-order valence-corrected chi connectivity index (χ1v) is 8.46. The van der Waals surface area contributed by atoms with Crippen LogP contribution in [0.2, 0.25) is 0 Å². The topological polar surface area (TPSA) is 137 Å². The number of nitrogens with one attached hydrogen (secondary N) is 2. The van der Waals surface area contributed by atoms with Crippen LogP contribution >= 0.6 is 11.3 Å². The van der Waals surface area contributed by atoms with Crippen LogP contribution in [0, 0.1) is 10.1 Å². The molecular formula is C10H16N4O5S2. The Morgan fingerprint density at radius 1 is 1.62 bits per heavy atom. The van der Waals surface area contributed by atoms with E-state index in [0.29, 0.717) is 17.9 Å². The van der Waals surface area contributed by atoms with Gasteiger partial charge in [-0.3, -0.25) is 10.1 Å². The summed E-state index contributed by atoms with van der Waals surface area (Å²) in [5.41, 5.74) is 1.23. The molecule has 2 heterocycles. The van der Waals surface area contributed by atoms with Crippen molar-refractivity contribution in [1.29, 1.82) is 0 Å². The lowest BCUT2D eigenvalue weighted by atomic mass is 10.0. The molecule has 0 aliphatic carbocycles. The third-order valence-electron chi connectivity index (χ3n) is 3.22. The van der Waals surface area contributed by atoms with E-state index in [0.717, 1.165) is 18.9 Å². The highest BCUT2D eigenvalue weighted by atomic mass is 32.2. The maximum absolute atomic E-state index is 12.2. The summed E-state index contributed by atoms with van der Waals surface area (Å²) >= 11 is 0.707. The first-order valence-electron chi connectivity index (χ1n) is 6.16. The average molecular weight is 336 g/mol. The molecule has 1 atom stereocenters. The Bertz CT molecular complexity index is 636. The van der Waals surface area contributed by atoms with Crippen molar-refractivity contribution in [3.05, 3.63) is 16.2 Å². The number of rotatable bonds is 6. The van der Waals surface area contributed by atoms with Gasteiger partial charge in [0.05, 0.1) is 10.5 Å². The summed E-state index contributed by atoms with van der Waals surface area (Å²) in [6, 6.07) is 0.986. The van der Waals surface area contributed by atoms with Gasteiger partial charge in [-0.25, -0.2) is 19.0 Å². The Morgan fingerprint density at radius 2 is 2.33 bits per heavy atom. The highest BCUT2D eigenvalue weighted by Crippen LogP contribution is 2.36. The van der Waals surface area contributed by atoms with E-state index >= 15 is 0 Å². The summed E-state index contributed by atoms with van der Waals surface area (Å²) in [6.45, 7) is 2.54. The number of anilines is 1. The molecule has 0 radical (unpaired) electrons. The molecule has 11 heteroatoms. The molecule has 1 unspecified atom stereocenters. The quantitative estimate of drug-likeness (QED) is 0.397. The van der Waals surface area contributed by atoms with Crippen molar-refractivity contribution in [1.82, 2.24) is 4.72 Å². The number of hydrazine groups is 1. The van der Waals surface area contributed by atoms with E-state index in [1.165, 1.54) is 0 Å². The van der Waals surface area contributed by atoms with E-state index in [-0.39, 0.29) is 21.4 Å². The maximum atomic E-state index is 12.2. The Balaban J connectivity index is 2.17. The van der Waals surface area contributed by atoms with Gasteiger partial charge in [-0.15, -0.1) is 0 Å². The Kier molecular flexibility index (Phi) is 4.49. The molecule has 1 aromatic rings. The van der Waals surface area contributed by atoms with E-state index in [9.17, 15) is 18.5 Å². The third kappa shape index (κ3) is 3.49. The third-order valence-corrected chi connectivity index (χ3v) is 6.15. The van der Waals surface area contributed by atoms with Crippen LogP contribution in [0.15, 0.2) is 10.3 Å². The highest BCUT2D eigenvalue weighted by Gasteiger charge is 2.33. The van der Waals surface area contributed by atoms with Gasteiger partial charge in [0, 0.05) is 19.2 Å². The van der Waals surface area contributed by atoms with Crippen LogP contribution in [0.25, 0.3) is 0 Å². The van der Waals surface area contributed by atoms with Gasteiger partial charge in [0.2, 0.25) is 10.0 Å². The fraction of sp³-hybridized carbons (Fsp3) is 0.600. The van der Waals surface area contributed by atoms with Gasteiger partial charge in [-0.2, -0.15) is 0 Å². The predicted molar refractivity (Wildman–Crippen MR) is 77.6 cm³/mol. The van der Waals surface area contributed by atoms with E-state index in [1.807, 2.05) is 6.92 Å². The summed E-state index contributed by atoms with van der Waals surface area (Å²) in [7, 11) is -3.84. The van der Waals surface area contributed by atoms with Crippen LogP contribution in [0.3, 0.4) is 0 Å². The highest BCUT2D eigenvalue weighted by molar-refractivity contribution is 7.91. The average Bonchev–Trinajstić information content (AvgIpc) is 3.03. The molecule has 4 N–H and O–H groups in total. The molecule has 0 aromatic carbocycles. The molecule has 21 heavy (non-hydrogen) atoms. The van der Waals surface area contributed by atoms with E-state index in [4.69, 9.17) is 10.6 Å². The van der Waals surface area contributed by atoms with Crippen LogP contribution in [-0.4, -0.2) is 32.1 Å².